The van der Waals surface area contributed by atoms with Crippen LogP contribution in [0.15, 0.2) is 36.4 Å². The number of amides is 3. The maximum Gasteiger partial charge on any atom is 0.433 e. The monoisotopic (exact) mass is 497 g/mol. The molecule has 0 aromatic heterocycles. The molecule has 36 heavy (non-hydrogen) atoms. The van der Waals surface area contributed by atoms with Crippen molar-refractivity contribution in [3.8, 4) is 0 Å². The lowest BCUT2D eigenvalue weighted by atomic mass is 9.66. The maximum absolute atomic E-state index is 13.6. The molecular formula is C26H31N3O7. The number of hydrogen-bond acceptors (Lipinski definition) is 7. The largest absolute Gasteiger partial charge is 0.449 e. The van der Waals surface area contributed by atoms with Gasteiger partial charge in [0.15, 0.2) is 5.60 Å². The van der Waals surface area contributed by atoms with Gasteiger partial charge in [-0.1, -0.05) is 38.1 Å². The third-order valence-corrected chi connectivity index (χ3v) is 7.77. The van der Waals surface area contributed by atoms with E-state index in [-0.39, 0.29) is 19.2 Å². The number of esters is 1. The Kier molecular flexibility index (Phi) is 6.32. The SMILES string of the molecule is CCOC(=O)NN(C(=O)OCC)c1ccc(NC(=O)[C@]23CC[C@](C)(C(=O)O2)C3(C)C)c2ccccc12. The molecule has 2 aromatic carbocycles. The molecule has 0 radical (unpaired) electrons. The molecule has 1 aliphatic heterocycles. The fourth-order valence-electron chi connectivity index (χ4n) is 5.20. The van der Waals surface area contributed by atoms with E-state index in [1.54, 1.807) is 50.2 Å². The molecule has 1 saturated heterocycles. The van der Waals surface area contributed by atoms with Gasteiger partial charge in [0, 0.05) is 21.9 Å². The minimum absolute atomic E-state index is 0.0986. The standard InChI is InChI=1S/C26H31N3O7/c1-6-34-22(32)28-29(23(33)35-7-2)19-13-12-18(16-10-8-9-11-17(16)19)27-20(30)26-15-14-25(5,21(31)36-26)24(26,3)4/h8-13H,6-7,14-15H2,1-5H3,(H,27,30)(H,28,32)/t25-,26+/m1/s1. The topological polar surface area (TPSA) is 123 Å². The van der Waals surface area contributed by atoms with E-state index in [9.17, 15) is 19.2 Å². The van der Waals surface area contributed by atoms with Crippen LogP contribution in [0.25, 0.3) is 10.8 Å². The van der Waals surface area contributed by atoms with Crippen molar-refractivity contribution in [2.45, 2.75) is 53.1 Å². The van der Waals surface area contributed by atoms with Crippen molar-refractivity contribution in [3.63, 3.8) is 0 Å². The van der Waals surface area contributed by atoms with Gasteiger partial charge in [-0.25, -0.2) is 15.0 Å². The zero-order valence-electron chi connectivity index (χ0n) is 21.1. The lowest BCUT2D eigenvalue weighted by Gasteiger charge is -2.35. The third kappa shape index (κ3) is 3.63. The Balaban J connectivity index is 1.72. The lowest BCUT2D eigenvalue weighted by Crippen LogP contribution is -2.50. The molecule has 4 rings (SSSR count). The van der Waals surface area contributed by atoms with Gasteiger partial charge >= 0.3 is 18.2 Å². The summed E-state index contributed by atoms with van der Waals surface area (Å²) in [6.45, 7) is 9.16. The van der Waals surface area contributed by atoms with E-state index in [4.69, 9.17) is 14.2 Å². The van der Waals surface area contributed by atoms with E-state index < -0.39 is 34.5 Å². The van der Waals surface area contributed by atoms with Crippen LogP contribution >= 0.6 is 0 Å². The van der Waals surface area contributed by atoms with E-state index in [0.29, 0.717) is 35.0 Å². The maximum atomic E-state index is 13.6. The number of carbonyl (C=O) groups is 4. The van der Waals surface area contributed by atoms with Crippen LogP contribution in [0.5, 0.6) is 0 Å². The summed E-state index contributed by atoms with van der Waals surface area (Å²) in [4.78, 5) is 51.1. The van der Waals surface area contributed by atoms with Crippen LogP contribution in [0, 0.1) is 10.8 Å². The number of rotatable bonds is 5. The molecule has 2 aliphatic rings. The second-order valence-corrected chi connectivity index (χ2v) is 9.67. The summed E-state index contributed by atoms with van der Waals surface area (Å²) in [5, 5.41) is 5.11. The summed E-state index contributed by atoms with van der Waals surface area (Å²) < 4.78 is 15.8. The van der Waals surface area contributed by atoms with E-state index in [2.05, 4.69) is 10.7 Å². The number of nitrogens with zero attached hydrogens (tertiary/aromatic N) is 1. The number of hydrogen-bond donors (Lipinski definition) is 2. The molecule has 2 N–H and O–H groups in total. The van der Waals surface area contributed by atoms with E-state index in [1.165, 1.54) is 0 Å². The number of carbonyl (C=O) groups excluding carboxylic acids is 4. The quantitative estimate of drug-likeness (QED) is 0.354. The Morgan fingerprint density at radius 3 is 2.22 bits per heavy atom. The zero-order chi connectivity index (χ0) is 26.3. The van der Waals surface area contributed by atoms with Crippen LogP contribution in [0.3, 0.4) is 0 Å². The Hall–Kier alpha value is -3.82. The molecule has 10 nitrogen and oxygen atoms in total. The molecule has 2 fully saturated rings. The van der Waals surface area contributed by atoms with Gasteiger partial charge in [0.1, 0.15) is 0 Å². The molecule has 10 heteroatoms. The van der Waals surface area contributed by atoms with Crippen LogP contribution < -0.4 is 15.8 Å². The van der Waals surface area contributed by atoms with Gasteiger partial charge in [0.2, 0.25) is 0 Å². The van der Waals surface area contributed by atoms with Crippen LogP contribution in [-0.2, 0) is 23.8 Å². The fraction of sp³-hybridized carbons (Fsp3) is 0.462. The molecule has 0 spiro atoms. The van der Waals surface area contributed by atoms with Gasteiger partial charge in [-0.15, -0.1) is 0 Å². The second-order valence-electron chi connectivity index (χ2n) is 9.67. The van der Waals surface area contributed by atoms with E-state index in [1.807, 2.05) is 20.8 Å². The first kappa shape index (κ1) is 25.3. The minimum Gasteiger partial charge on any atom is -0.449 e. The van der Waals surface area contributed by atoms with E-state index >= 15 is 0 Å². The molecule has 0 unspecified atom stereocenters. The molecular weight excluding hydrogens is 466 g/mol. The fourth-order valence-corrected chi connectivity index (χ4v) is 5.20. The van der Waals surface area contributed by atoms with Crippen LogP contribution in [-0.4, -0.2) is 42.9 Å². The smallest absolute Gasteiger partial charge is 0.433 e. The summed E-state index contributed by atoms with van der Waals surface area (Å²) in [6, 6.07) is 10.3. The van der Waals surface area contributed by atoms with Crippen molar-refractivity contribution in [1.82, 2.24) is 5.43 Å². The highest BCUT2D eigenvalue weighted by Crippen LogP contribution is 2.65. The Morgan fingerprint density at radius 1 is 0.972 bits per heavy atom. The van der Waals surface area contributed by atoms with Gasteiger partial charge in [0.25, 0.3) is 5.91 Å². The van der Waals surface area contributed by atoms with Crippen molar-refractivity contribution in [2.24, 2.45) is 10.8 Å². The molecule has 1 aliphatic carbocycles. The van der Waals surface area contributed by atoms with Gasteiger partial charge < -0.3 is 19.5 Å². The van der Waals surface area contributed by atoms with Crippen molar-refractivity contribution in [2.75, 3.05) is 23.5 Å². The number of benzene rings is 2. The molecule has 1 heterocycles. The van der Waals surface area contributed by atoms with Crippen molar-refractivity contribution < 1.29 is 33.4 Å². The van der Waals surface area contributed by atoms with Crippen molar-refractivity contribution >= 4 is 46.2 Å². The Labute approximate surface area is 209 Å². The molecule has 2 atom stereocenters. The van der Waals surface area contributed by atoms with Gasteiger partial charge in [0.05, 0.1) is 24.3 Å². The summed E-state index contributed by atoms with van der Waals surface area (Å²) in [7, 11) is 0. The lowest BCUT2D eigenvalue weighted by molar-refractivity contribution is -0.165. The summed E-state index contributed by atoms with van der Waals surface area (Å²) >= 11 is 0. The first-order valence-electron chi connectivity index (χ1n) is 12.0. The van der Waals surface area contributed by atoms with Crippen LogP contribution in [0.2, 0.25) is 0 Å². The number of nitrogens with one attached hydrogen (secondary N) is 2. The first-order chi connectivity index (χ1) is 17.0. The summed E-state index contributed by atoms with van der Waals surface area (Å²) in [6.07, 6.45) is -0.610. The predicted octanol–water partition coefficient (Wildman–Crippen LogP) is 4.52. The van der Waals surface area contributed by atoms with Gasteiger partial charge in [-0.05, 0) is 45.7 Å². The van der Waals surface area contributed by atoms with Crippen molar-refractivity contribution in [3.05, 3.63) is 36.4 Å². The number of anilines is 2. The highest BCUT2D eigenvalue weighted by atomic mass is 16.6. The summed E-state index contributed by atoms with van der Waals surface area (Å²) in [5.41, 5.74) is 0.513. The zero-order valence-corrected chi connectivity index (χ0v) is 21.1. The number of ether oxygens (including phenoxy) is 3. The minimum atomic E-state index is -1.28. The molecule has 2 bridgehead atoms. The molecule has 2 aromatic rings. The van der Waals surface area contributed by atoms with E-state index in [0.717, 1.165) is 5.01 Å². The van der Waals surface area contributed by atoms with Crippen LogP contribution in [0.4, 0.5) is 21.0 Å². The normalized spacial score (nSPS) is 23.6. The average molecular weight is 498 g/mol. The Bertz CT molecular complexity index is 1240. The third-order valence-electron chi connectivity index (χ3n) is 7.77. The highest BCUT2D eigenvalue weighted by molar-refractivity contribution is 6.12. The van der Waals surface area contributed by atoms with Gasteiger partial charge in [-0.2, -0.15) is 5.01 Å². The van der Waals surface area contributed by atoms with Gasteiger partial charge in [-0.3, -0.25) is 9.59 Å². The average Bonchev–Trinajstić information content (AvgIpc) is 3.14. The number of fused-ring (bicyclic) bond motifs is 3. The second kappa shape index (κ2) is 9.00. The van der Waals surface area contributed by atoms with Crippen molar-refractivity contribution in [1.29, 1.82) is 0 Å². The molecule has 1 saturated carbocycles. The molecule has 192 valence electrons. The van der Waals surface area contributed by atoms with Crippen LogP contribution in [0.1, 0.15) is 47.5 Å². The molecule has 3 amide bonds. The Morgan fingerprint density at radius 2 is 1.64 bits per heavy atom. The highest BCUT2D eigenvalue weighted by Gasteiger charge is 2.75. The number of hydrazine groups is 1. The first-order valence-corrected chi connectivity index (χ1v) is 12.0. The summed E-state index contributed by atoms with van der Waals surface area (Å²) in [5.74, 6) is -0.754. The predicted molar refractivity (Wildman–Crippen MR) is 132 cm³/mol.